The smallest absolute Gasteiger partial charge is 0.258 e. The summed E-state index contributed by atoms with van der Waals surface area (Å²) in [6, 6.07) is 12.2. The molecule has 2 aromatic carbocycles. The number of H-pyrrole nitrogens is 1. The van der Waals surface area contributed by atoms with E-state index in [2.05, 4.69) is 25.9 Å². The molecule has 0 spiro atoms. The van der Waals surface area contributed by atoms with E-state index in [0.717, 1.165) is 12.0 Å². The van der Waals surface area contributed by atoms with Gasteiger partial charge >= 0.3 is 0 Å². The van der Waals surface area contributed by atoms with E-state index in [1.807, 2.05) is 25.1 Å². The number of rotatable bonds is 5. The summed E-state index contributed by atoms with van der Waals surface area (Å²) in [7, 11) is 0. The molecular weight excluding hydrogens is 453 g/mol. The average Bonchev–Trinajstić information content (AvgIpc) is 2.75. The number of nitrogens with zero attached hydrogens (tertiary/aromatic N) is 1. The Morgan fingerprint density at radius 2 is 1.94 bits per heavy atom. The fraction of sp³-hybridized carbons (Fsp3) is 0.182. The Balaban J connectivity index is 1.65. The largest absolute Gasteiger partial charge is 0.325 e. The lowest BCUT2D eigenvalue weighted by Gasteiger charge is -2.24. The van der Waals surface area contributed by atoms with Crippen molar-refractivity contribution in [3.8, 4) is 0 Å². The van der Waals surface area contributed by atoms with Crippen LogP contribution < -0.4 is 21.5 Å². The van der Waals surface area contributed by atoms with Gasteiger partial charge in [0.25, 0.3) is 5.56 Å². The van der Waals surface area contributed by atoms with Crippen molar-refractivity contribution in [1.29, 1.82) is 0 Å². The second kappa shape index (κ2) is 9.02. The van der Waals surface area contributed by atoms with Crippen LogP contribution in [0.1, 0.15) is 30.4 Å². The van der Waals surface area contributed by atoms with Crippen LogP contribution in [0.4, 0.5) is 23.1 Å². The number of amides is 2. The van der Waals surface area contributed by atoms with Crippen LogP contribution in [0.15, 0.2) is 47.3 Å². The first-order valence-corrected chi connectivity index (χ1v) is 10.7. The number of aromatic amines is 1. The van der Waals surface area contributed by atoms with Crippen LogP contribution in [0.25, 0.3) is 0 Å². The van der Waals surface area contributed by atoms with Crippen molar-refractivity contribution in [2.75, 3.05) is 16.0 Å². The van der Waals surface area contributed by atoms with Gasteiger partial charge in [-0.15, -0.1) is 0 Å². The summed E-state index contributed by atoms with van der Waals surface area (Å²) in [5.41, 5.74) is 1.63. The molecule has 0 saturated carbocycles. The Labute approximate surface area is 193 Å². The monoisotopic (exact) mass is 471 g/mol. The van der Waals surface area contributed by atoms with E-state index in [1.54, 1.807) is 18.2 Å². The maximum Gasteiger partial charge on any atom is 0.258 e. The zero-order chi connectivity index (χ0) is 22.8. The van der Waals surface area contributed by atoms with E-state index in [0.29, 0.717) is 21.4 Å². The lowest BCUT2D eigenvalue weighted by Crippen LogP contribution is -2.36. The first-order valence-electron chi connectivity index (χ1n) is 9.90. The molecule has 164 valence electrons. The minimum atomic E-state index is -0.979. The molecule has 1 aliphatic heterocycles. The molecule has 2 heterocycles. The van der Waals surface area contributed by atoms with Crippen LogP contribution in [0.3, 0.4) is 0 Å². The number of aryl methyl sites for hydroxylation is 1. The SMILES string of the molecule is CCc1ccccc1NC(=O)[C@@H]1CC(=O)Nc2nc(Nc3ccc(Cl)cc3Cl)[nH]c(=O)c21. The van der Waals surface area contributed by atoms with Crippen LogP contribution in [0.2, 0.25) is 10.0 Å². The van der Waals surface area contributed by atoms with Gasteiger partial charge in [-0.1, -0.05) is 48.3 Å². The number of anilines is 4. The molecule has 0 bridgehead atoms. The molecule has 0 aliphatic carbocycles. The minimum absolute atomic E-state index is 0.0292. The van der Waals surface area contributed by atoms with Crippen LogP contribution in [0.5, 0.6) is 0 Å². The third-order valence-electron chi connectivity index (χ3n) is 5.11. The minimum Gasteiger partial charge on any atom is -0.325 e. The highest BCUT2D eigenvalue weighted by molar-refractivity contribution is 6.36. The Morgan fingerprint density at radius 3 is 2.69 bits per heavy atom. The summed E-state index contributed by atoms with van der Waals surface area (Å²) in [6.45, 7) is 1.98. The molecule has 0 saturated heterocycles. The van der Waals surface area contributed by atoms with E-state index >= 15 is 0 Å². The van der Waals surface area contributed by atoms with Gasteiger partial charge < -0.3 is 16.0 Å². The van der Waals surface area contributed by atoms with Gasteiger partial charge in [0.1, 0.15) is 5.82 Å². The molecule has 4 N–H and O–H groups in total. The highest BCUT2D eigenvalue weighted by Crippen LogP contribution is 2.32. The second-order valence-corrected chi connectivity index (χ2v) is 8.07. The molecule has 1 aliphatic rings. The third kappa shape index (κ3) is 4.46. The van der Waals surface area contributed by atoms with Crippen molar-refractivity contribution >= 4 is 58.2 Å². The predicted molar refractivity (Wildman–Crippen MR) is 125 cm³/mol. The first kappa shape index (κ1) is 21.9. The Bertz CT molecular complexity index is 1270. The summed E-state index contributed by atoms with van der Waals surface area (Å²) >= 11 is 12.1. The summed E-state index contributed by atoms with van der Waals surface area (Å²) in [5.74, 6) is -1.74. The van der Waals surface area contributed by atoms with Crippen molar-refractivity contribution < 1.29 is 9.59 Å². The molecule has 4 rings (SSSR count). The Kier molecular flexibility index (Phi) is 6.16. The van der Waals surface area contributed by atoms with Crippen LogP contribution in [-0.2, 0) is 16.0 Å². The second-order valence-electron chi connectivity index (χ2n) is 7.23. The summed E-state index contributed by atoms with van der Waals surface area (Å²) in [4.78, 5) is 45.1. The molecule has 2 amide bonds. The summed E-state index contributed by atoms with van der Waals surface area (Å²) in [5, 5.41) is 9.10. The zero-order valence-electron chi connectivity index (χ0n) is 17.0. The van der Waals surface area contributed by atoms with Crippen molar-refractivity contribution in [2.24, 2.45) is 0 Å². The van der Waals surface area contributed by atoms with Gasteiger partial charge in [0.15, 0.2) is 0 Å². The van der Waals surface area contributed by atoms with Crippen molar-refractivity contribution in [2.45, 2.75) is 25.7 Å². The summed E-state index contributed by atoms with van der Waals surface area (Å²) < 4.78 is 0. The van der Waals surface area contributed by atoms with Gasteiger partial charge in [-0.3, -0.25) is 19.4 Å². The molecule has 10 heteroatoms. The molecule has 3 aromatic rings. The van der Waals surface area contributed by atoms with Gasteiger partial charge in [0.05, 0.1) is 22.2 Å². The van der Waals surface area contributed by atoms with Gasteiger partial charge in [-0.05, 0) is 36.2 Å². The van der Waals surface area contributed by atoms with E-state index in [-0.39, 0.29) is 23.8 Å². The fourth-order valence-electron chi connectivity index (χ4n) is 3.54. The molecule has 1 aromatic heterocycles. The average molecular weight is 472 g/mol. The Morgan fingerprint density at radius 1 is 1.16 bits per heavy atom. The molecule has 1 atom stereocenters. The third-order valence-corrected chi connectivity index (χ3v) is 5.66. The van der Waals surface area contributed by atoms with E-state index < -0.39 is 23.3 Å². The van der Waals surface area contributed by atoms with Crippen LogP contribution >= 0.6 is 23.2 Å². The number of para-hydroxylation sites is 1. The number of carbonyl (C=O) groups excluding carboxylic acids is 2. The highest BCUT2D eigenvalue weighted by atomic mass is 35.5. The first-order chi connectivity index (χ1) is 15.4. The molecule has 0 unspecified atom stereocenters. The van der Waals surface area contributed by atoms with Gasteiger partial charge in [0, 0.05) is 17.1 Å². The topological polar surface area (TPSA) is 116 Å². The summed E-state index contributed by atoms with van der Waals surface area (Å²) in [6.07, 6.45) is 0.566. The number of hydrogen-bond donors (Lipinski definition) is 4. The predicted octanol–water partition coefficient (Wildman–Crippen LogP) is 4.45. The number of halogens is 2. The van der Waals surface area contributed by atoms with Crippen molar-refractivity contribution in [3.63, 3.8) is 0 Å². The van der Waals surface area contributed by atoms with Crippen molar-refractivity contribution in [3.05, 3.63) is 74.0 Å². The van der Waals surface area contributed by atoms with E-state index in [9.17, 15) is 14.4 Å². The van der Waals surface area contributed by atoms with Gasteiger partial charge in [-0.25, -0.2) is 0 Å². The van der Waals surface area contributed by atoms with Gasteiger partial charge in [0.2, 0.25) is 17.8 Å². The lowest BCUT2D eigenvalue weighted by atomic mass is 9.92. The Hall–Kier alpha value is -3.36. The molecule has 0 fully saturated rings. The standard InChI is InChI=1S/C22H19Cl2N5O3/c1-2-11-5-3-4-6-15(11)25-20(31)13-10-17(30)27-19-18(13)21(32)29-22(28-19)26-16-8-7-12(23)9-14(16)24/h3-9,13H,2,10H2,1H3,(H,25,31)(H3,26,27,28,29,30,32)/t13-/m1/s1. The molecular formula is C22H19Cl2N5O3. The van der Waals surface area contributed by atoms with Gasteiger partial charge in [-0.2, -0.15) is 4.98 Å². The normalized spacial score (nSPS) is 15.0. The molecule has 32 heavy (non-hydrogen) atoms. The maximum absolute atomic E-state index is 13.0. The highest BCUT2D eigenvalue weighted by Gasteiger charge is 2.35. The quantitative estimate of drug-likeness (QED) is 0.438. The number of hydrogen-bond acceptors (Lipinski definition) is 5. The van der Waals surface area contributed by atoms with Crippen molar-refractivity contribution in [1.82, 2.24) is 9.97 Å². The number of nitrogens with one attached hydrogen (secondary N) is 4. The molecule has 8 nitrogen and oxygen atoms in total. The number of fused-ring (bicyclic) bond motifs is 1. The zero-order valence-corrected chi connectivity index (χ0v) is 18.5. The fourth-order valence-corrected chi connectivity index (χ4v) is 4.00. The van der Waals surface area contributed by atoms with Crippen LogP contribution in [-0.4, -0.2) is 21.8 Å². The number of carbonyl (C=O) groups is 2. The lowest BCUT2D eigenvalue weighted by molar-refractivity contribution is -0.123. The number of benzene rings is 2. The maximum atomic E-state index is 13.0. The number of aromatic nitrogens is 2. The molecule has 0 radical (unpaired) electrons. The van der Waals surface area contributed by atoms with E-state index in [1.165, 1.54) is 6.07 Å². The van der Waals surface area contributed by atoms with E-state index in [4.69, 9.17) is 23.2 Å². The van der Waals surface area contributed by atoms with Crippen LogP contribution in [0, 0.1) is 0 Å².